The lowest BCUT2D eigenvalue weighted by molar-refractivity contribution is 0.0378. The van der Waals surface area contributed by atoms with Gasteiger partial charge in [-0.1, -0.05) is 17.7 Å². The van der Waals surface area contributed by atoms with E-state index in [1.807, 2.05) is 20.8 Å². The number of carbonyl (C=O) groups is 1. The Hall–Kier alpha value is -2.03. The highest BCUT2D eigenvalue weighted by Gasteiger charge is 2.27. The lowest BCUT2D eigenvalue weighted by Crippen LogP contribution is -2.25. The molecule has 7 nitrogen and oxygen atoms in total. The Kier molecular flexibility index (Phi) is 6.26. The first kappa shape index (κ1) is 21.7. The normalized spacial score (nSPS) is 16.7. The number of fused-ring (bicyclic) bond motifs is 1. The lowest BCUT2D eigenvalue weighted by Gasteiger charge is -2.19. The van der Waals surface area contributed by atoms with Gasteiger partial charge in [-0.15, -0.1) is 0 Å². The van der Waals surface area contributed by atoms with Crippen LogP contribution in [0, 0.1) is 0 Å². The van der Waals surface area contributed by atoms with Gasteiger partial charge in [-0.25, -0.2) is 13.7 Å². The first-order valence-electron chi connectivity index (χ1n) is 9.24. The van der Waals surface area contributed by atoms with Gasteiger partial charge in [0.15, 0.2) is 0 Å². The van der Waals surface area contributed by atoms with E-state index >= 15 is 0 Å². The zero-order valence-corrected chi connectivity index (χ0v) is 18.6. The Balaban J connectivity index is 2.03. The third-order valence-corrected chi connectivity index (χ3v) is 5.97. The average Bonchev–Trinajstić information content (AvgIpc) is 3.05. The van der Waals surface area contributed by atoms with E-state index < -0.39 is 21.7 Å². The average molecular weight is 438 g/mol. The molecule has 0 spiro atoms. The van der Waals surface area contributed by atoms with E-state index in [9.17, 15) is 9.00 Å². The zero-order chi connectivity index (χ0) is 21.3. The maximum absolute atomic E-state index is 12.4. The van der Waals surface area contributed by atoms with Crippen molar-refractivity contribution in [3.63, 3.8) is 0 Å². The van der Waals surface area contributed by atoms with Gasteiger partial charge in [0.1, 0.15) is 11.0 Å². The van der Waals surface area contributed by atoms with E-state index in [2.05, 4.69) is 9.50 Å². The summed E-state index contributed by atoms with van der Waals surface area (Å²) in [6.07, 6.45) is 1.40. The second-order valence-electron chi connectivity index (χ2n) is 7.90. The first-order valence-corrected chi connectivity index (χ1v) is 10.7. The molecule has 3 rings (SSSR count). The summed E-state index contributed by atoms with van der Waals surface area (Å²) >= 11 is 6.52. The largest absolute Gasteiger partial charge is 0.459 e. The van der Waals surface area contributed by atoms with Crippen molar-refractivity contribution < 1.29 is 18.5 Å². The van der Waals surface area contributed by atoms with Crippen molar-refractivity contribution in [3.8, 4) is 5.69 Å². The van der Waals surface area contributed by atoms with E-state index in [0.29, 0.717) is 18.0 Å². The van der Waals surface area contributed by atoms with E-state index in [1.165, 1.54) is 0 Å². The van der Waals surface area contributed by atoms with Crippen LogP contribution < -0.4 is 0 Å². The van der Waals surface area contributed by atoms with Gasteiger partial charge in [0.05, 0.1) is 57.9 Å². The molecule has 1 aliphatic heterocycles. The van der Waals surface area contributed by atoms with Crippen LogP contribution in [0.5, 0.6) is 0 Å². The SMILES string of the molecule is CC(C)OC(=O)c1cccc(-n2ncc3c2COC/C3=N\[S@@](=O)C(C)(C)C)c1Cl. The van der Waals surface area contributed by atoms with E-state index in [4.69, 9.17) is 21.1 Å². The molecule has 0 unspecified atom stereocenters. The minimum Gasteiger partial charge on any atom is -0.459 e. The Bertz CT molecular complexity index is 992. The van der Waals surface area contributed by atoms with Crippen LogP contribution in [0.4, 0.5) is 0 Å². The maximum atomic E-state index is 12.4. The summed E-state index contributed by atoms with van der Waals surface area (Å²) in [7, 11) is -1.41. The van der Waals surface area contributed by atoms with Gasteiger partial charge < -0.3 is 9.47 Å². The number of esters is 1. The van der Waals surface area contributed by atoms with Crippen LogP contribution >= 0.6 is 11.6 Å². The number of nitrogens with zero attached hydrogens (tertiary/aromatic N) is 3. The highest BCUT2D eigenvalue weighted by atomic mass is 35.5. The number of hydrogen-bond donors (Lipinski definition) is 0. The zero-order valence-electron chi connectivity index (χ0n) is 17.1. The summed E-state index contributed by atoms with van der Waals surface area (Å²) in [5.41, 5.74) is 2.88. The maximum Gasteiger partial charge on any atom is 0.339 e. The van der Waals surface area contributed by atoms with Crippen LogP contribution in [0.15, 0.2) is 28.8 Å². The second kappa shape index (κ2) is 8.38. The summed E-state index contributed by atoms with van der Waals surface area (Å²) in [6.45, 7) is 9.70. The second-order valence-corrected chi connectivity index (χ2v) is 10.2. The molecule has 1 atom stereocenters. The molecule has 0 fully saturated rings. The molecule has 2 heterocycles. The third-order valence-electron chi connectivity index (χ3n) is 4.14. The number of benzene rings is 1. The van der Waals surface area contributed by atoms with E-state index in [-0.39, 0.29) is 23.3 Å². The number of ether oxygens (including phenoxy) is 2. The summed E-state index contributed by atoms with van der Waals surface area (Å²) in [5.74, 6) is -0.494. The molecule has 0 saturated carbocycles. The molecule has 9 heteroatoms. The predicted molar refractivity (Wildman–Crippen MR) is 113 cm³/mol. The summed E-state index contributed by atoms with van der Waals surface area (Å²) in [4.78, 5) is 12.3. The topological polar surface area (TPSA) is 82.8 Å². The fraction of sp³-hybridized carbons (Fsp3) is 0.450. The van der Waals surface area contributed by atoms with Crippen molar-refractivity contribution in [3.05, 3.63) is 46.2 Å². The van der Waals surface area contributed by atoms with Crippen molar-refractivity contribution in [2.75, 3.05) is 6.61 Å². The fourth-order valence-electron chi connectivity index (χ4n) is 2.71. The van der Waals surface area contributed by atoms with Crippen molar-refractivity contribution in [1.29, 1.82) is 0 Å². The molecule has 0 saturated heterocycles. The number of rotatable bonds is 4. The molecule has 0 aliphatic carbocycles. The minimum absolute atomic E-state index is 0.242. The highest BCUT2D eigenvalue weighted by molar-refractivity contribution is 7.85. The lowest BCUT2D eigenvalue weighted by atomic mass is 10.1. The van der Waals surface area contributed by atoms with Crippen LogP contribution in [-0.4, -0.2) is 43.1 Å². The van der Waals surface area contributed by atoms with E-state index in [0.717, 1.165) is 11.3 Å². The van der Waals surface area contributed by atoms with Gasteiger partial charge in [0, 0.05) is 5.56 Å². The van der Waals surface area contributed by atoms with E-state index in [1.54, 1.807) is 42.9 Å². The van der Waals surface area contributed by atoms with Crippen LogP contribution in [0.2, 0.25) is 5.02 Å². The van der Waals surface area contributed by atoms with Crippen LogP contribution in [-0.2, 0) is 27.1 Å². The van der Waals surface area contributed by atoms with Gasteiger partial charge >= 0.3 is 5.97 Å². The molecule has 1 aromatic heterocycles. The van der Waals surface area contributed by atoms with Crippen molar-refractivity contribution in [2.24, 2.45) is 4.40 Å². The Morgan fingerprint density at radius 2 is 2.07 bits per heavy atom. The summed E-state index contributed by atoms with van der Waals surface area (Å²) in [5, 5.41) is 4.67. The minimum atomic E-state index is -1.41. The number of halogens is 1. The van der Waals surface area contributed by atoms with Gasteiger partial charge in [0.2, 0.25) is 0 Å². The van der Waals surface area contributed by atoms with Gasteiger partial charge in [-0.2, -0.15) is 9.50 Å². The fourth-order valence-corrected chi connectivity index (χ4v) is 3.62. The number of hydrogen-bond acceptors (Lipinski definition) is 5. The smallest absolute Gasteiger partial charge is 0.339 e. The predicted octanol–water partition coefficient (Wildman–Crippen LogP) is 3.87. The van der Waals surface area contributed by atoms with Crippen molar-refractivity contribution in [1.82, 2.24) is 9.78 Å². The standard InChI is InChI=1S/C20H24ClN3O4S/c1-12(2)28-19(25)13-7-6-8-16(18(13)21)24-17-11-27-10-15(14(17)9-22-24)23-29(26)20(3,4)5/h6-9,12H,10-11H2,1-5H3/b23-15+/t29-/m0/s1. The summed E-state index contributed by atoms with van der Waals surface area (Å²) in [6, 6.07) is 5.10. The van der Waals surface area contributed by atoms with Gasteiger partial charge in [-0.05, 0) is 46.8 Å². The third kappa shape index (κ3) is 4.60. The first-order chi connectivity index (χ1) is 13.6. The molecule has 1 aromatic carbocycles. The monoisotopic (exact) mass is 437 g/mol. The van der Waals surface area contributed by atoms with Crippen LogP contribution in [0.1, 0.15) is 56.2 Å². The number of aromatic nitrogens is 2. The Morgan fingerprint density at radius 3 is 2.72 bits per heavy atom. The Morgan fingerprint density at radius 1 is 1.34 bits per heavy atom. The van der Waals surface area contributed by atoms with Crippen LogP contribution in [0.3, 0.4) is 0 Å². The molecule has 2 aromatic rings. The molecular weight excluding hydrogens is 414 g/mol. The molecule has 0 amide bonds. The molecular formula is C20H24ClN3O4S. The van der Waals surface area contributed by atoms with Crippen LogP contribution in [0.25, 0.3) is 5.69 Å². The molecule has 29 heavy (non-hydrogen) atoms. The molecule has 0 radical (unpaired) electrons. The highest BCUT2D eigenvalue weighted by Crippen LogP contribution is 2.29. The molecule has 156 valence electrons. The quantitative estimate of drug-likeness (QED) is 0.678. The number of carbonyl (C=O) groups excluding carboxylic acids is 1. The van der Waals surface area contributed by atoms with Gasteiger partial charge in [0.25, 0.3) is 0 Å². The molecule has 0 N–H and O–H groups in total. The molecule has 1 aliphatic rings. The van der Waals surface area contributed by atoms with Crippen molar-refractivity contribution in [2.45, 2.75) is 52.1 Å². The Labute approximate surface area is 177 Å². The van der Waals surface area contributed by atoms with Gasteiger partial charge in [-0.3, -0.25) is 0 Å². The summed E-state index contributed by atoms with van der Waals surface area (Å²) < 4.78 is 28.9. The van der Waals surface area contributed by atoms with Crippen molar-refractivity contribution >= 4 is 34.3 Å². The molecule has 0 bridgehead atoms.